The van der Waals surface area contributed by atoms with Crippen molar-refractivity contribution in [3.05, 3.63) is 22.7 Å². The summed E-state index contributed by atoms with van der Waals surface area (Å²) in [7, 11) is 1.51. The lowest BCUT2D eigenvalue weighted by molar-refractivity contribution is 0.0937. The molecule has 0 heterocycles. The van der Waals surface area contributed by atoms with Gasteiger partial charge in [0.25, 0.3) is 5.91 Å². The molecular formula is C15H21ClN2O2. The van der Waals surface area contributed by atoms with Crippen LogP contribution in [0.15, 0.2) is 12.1 Å². The third-order valence-corrected chi connectivity index (χ3v) is 4.61. The first kappa shape index (κ1) is 15.0. The molecule has 0 saturated heterocycles. The molecule has 0 aliphatic heterocycles. The highest BCUT2D eigenvalue weighted by atomic mass is 35.5. The Balaban J connectivity index is 2.11. The zero-order chi connectivity index (χ0) is 14.9. The van der Waals surface area contributed by atoms with Crippen molar-refractivity contribution >= 4 is 23.2 Å². The van der Waals surface area contributed by atoms with E-state index in [1.54, 1.807) is 12.1 Å². The molecule has 1 aliphatic rings. The molecule has 1 aliphatic carbocycles. The molecule has 0 spiro atoms. The first-order valence-electron chi connectivity index (χ1n) is 6.81. The van der Waals surface area contributed by atoms with Gasteiger partial charge in [-0.15, -0.1) is 0 Å². The maximum atomic E-state index is 12.3. The molecule has 4 nitrogen and oxygen atoms in total. The summed E-state index contributed by atoms with van der Waals surface area (Å²) < 4.78 is 5.20. The summed E-state index contributed by atoms with van der Waals surface area (Å²) in [5, 5.41) is 3.35. The second kappa shape index (κ2) is 5.52. The number of nitrogens with two attached hydrogens (primary N) is 1. The van der Waals surface area contributed by atoms with Crippen molar-refractivity contribution in [3.8, 4) is 5.75 Å². The van der Waals surface area contributed by atoms with Crippen LogP contribution in [0.25, 0.3) is 0 Å². The lowest BCUT2D eigenvalue weighted by atomic mass is 9.92. The number of halogens is 1. The number of amides is 1. The van der Waals surface area contributed by atoms with E-state index in [-0.39, 0.29) is 11.3 Å². The number of methoxy groups -OCH3 is 1. The number of carbonyl (C=O) groups excluding carboxylic acids is 1. The molecule has 0 aromatic heterocycles. The maximum absolute atomic E-state index is 12.3. The summed E-state index contributed by atoms with van der Waals surface area (Å²) in [6.45, 7) is 5.08. The monoisotopic (exact) mass is 296 g/mol. The summed E-state index contributed by atoms with van der Waals surface area (Å²) in [4.78, 5) is 12.3. The summed E-state index contributed by atoms with van der Waals surface area (Å²) in [5.41, 5.74) is 6.80. The number of benzene rings is 1. The lowest BCUT2D eigenvalue weighted by Crippen LogP contribution is -2.32. The molecule has 3 N–H and O–H groups in total. The molecule has 110 valence electrons. The van der Waals surface area contributed by atoms with Gasteiger partial charge >= 0.3 is 0 Å². The number of rotatable bonds is 5. The van der Waals surface area contributed by atoms with Gasteiger partial charge in [0.15, 0.2) is 0 Å². The Hall–Kier alpha value is -1.42. The molecule has 2 rings (SSSR count). The van der Waals surface area contributed by atoms with Crippen LogP contribution >= 0.6 is 11.6 Å². The fraction of sp³-hybridized carbons (Fsp3) is 0.533. The standard InChI is InChI=1S/C15H21ClN2O2/c1-9(2)15(4-5-15)8-18-14(19)10-6-11(16)12(17)7-13(10)20-3/h6-7,9H,4-5,8,17H2,1-3H3,(H,18,19). The molecule has 1 aromatic carbocycles. The minimum Gasteiger partial charge on any atom is -0.496 e. The highest BCUT2D eigenvalue weighted by molar-refractivity contribution is 6.33. The SMILES string of the molecule is COc1cc(N)c(Cl)cc1C(=O)NCC1(C(C)C)CC1. The highest BCUT2D eigenvalue weighted by Crippen LogP contribution is 2.51. The van der Waals surface area contributed by atoms with Crippen molar-refractivity contribution in [1.82, 2.24) is 5.32 Å². The minimum atomic E-state index is -0.171. The zero-order valence-electron chi connectivity index (χ0n) is 12.1. The number of nitrogen functional groups attached to an aromatic ring is 1. The number of nitrogens with one attached hydrogen (secondary N) is 1. The second-order valence-electron chi connectivity index (χ2n) is 5.77. The molecule has 0 bridgehead atoms. The van der Waals surface area contributed by atoms with Gasteiger partial charge in [-0.2, -0.15) is 0 Å². The van der Waals surface area contributed by atoms with Gasteiger partial charge in [0.2, 0.25) is 0 Å². The van der Waals surface area contributed by atoms with E-state index < -0.39 is 0 Å². The summed E-state index contributed by atoms with van der Waals surface area (Å²) >= 11 is 5.98. The first-order valence-corrected chi connectivity index (χ1v) is 7.18. The molecule has 0 atom stereocenters. The van der Waals surface area contributed by atoms with E-state index in [0.717, 1.165) is 0 Å². The molecule has 5 heteroatoms. The van der Waals surface area contributed by atoms with Gasteiger partial charge in [0, 0.05) is 12.6 Å². The van der Waals surface area contributed by atoms with Gasteiger partial charge in [-0.05, 0) is 30.2 Å². The van der Waals surface area contributed by atoms with Crippen LogP contribution in [0.4, 0.5) is 5.69 Å². The molecule has 1 fully saturated rings. The molecule has 0 radical (unpaired) electrons. The number of hydrogen-bond donors (Lipinski definition) is 2. The highest BCUT2D eigenvalue weighted by Gasteiger charge is 2.45. The van der Waals surface area contributed by atoms with E-state index in [4.69, 9.17) is 22.1 Å². The number of carbonyl (C=O) groups is 1. The quantitative estimate of drug-likeness (QED) is 0.821. The third kappa shape index (κ3) is 2.85. The fourth-order valence-corrected chi connectivity index (χ4v) is 2.55. The Morgan fingerprint density at radius 1 is 1.50 bits per heavy atom. The van der Waals surface area contributed by atoms with Crippen LogP contribution in [0.2, 0.25) is 5.02 Å². The van der Waals surface area contributed by atoms with E-state index in [2.05, 4.69) is 19.2 Å². The van der Waals surface area contributed by atoms with Crippen LogP contribution in [0, 0.1) is 11.3 Å². The van der Waals surface area contributed by atoms with Gasteiger partial charge in [-0.1, -0.05) is 25.4 Å². The topological polar surface area (TPSA) is 64.3 Å². The average Bonchev–Trinajstić information content (AvgIpc) is 3.20. The maximum Gasteiger partial charge on any atom is 0.255 e. The van der Waals surface area contributed by atoms with Crippen LogP contribution in [0.1, 0.15) is 37.0 Å². The van der Waals surface area contributed by atoms with Gasteiger partial charge in [0.1, 0.15) is 5.75 Å². The molecular weight excluding hydrogens is 276 g/mol. The van der Waals surface area contributed by atoms with E-state index >= 15 is 0 Å². The van der Waals surface area contributed by atoms with Crippen LogP contribution < -0.4 is 15.8 Å². The average molecular weight is 297 g/mol. The Bertz CT molecular complexity index is 525. The molecule has 1 saturated carbocycles. The summed E-state index contributed by atoms with van der Waals surface area (Å²) in [6.07, 6.45) is 2.34. The van der Waals surface area contributed by atoms with Crippen LogP contribution in [0.5, 0.6) is 5.75 Å². The van der Waals surface area contributed by atoms with Crippen LogP contribution in [-0.2, 0) is 0 Å². The van der Waals surface area contributed by atoms with E-state index in [1.165, 1.54) is 20.0 Å². The fourth-order valence-electron chi connectivity index (χ4n) is 2.39. The molecule has 1 amide bonds. The van der Waals surface area contributed by atoms with Crippen LogP contribution in [0.3, 0.4) is 0 Å². The van der Waals surface area contributed by atoms with E-state index in [9.17, 15) is 4.79 Å². The van der Waals surface area contributed by atoms with Crippen molar-refractivity contribution < 1.29 is 9.53 Å². The normalized spacial score (nSPS) is 16.1. The summed E-state index contributed by atoms with van der Waals surface area (Å²) in [5.74, 6) is 0.842. The van der Waals surface area contributed by atoms with Crippen molar-refractivity contribution in [3.63, 3.8) is 0 Å². The Labute approximate surface area is 124 Å². The lowest BCUT2D eigenvalue weighted by Gasteiger charge is -2.20. The predicted molar refractivity (Wildman–Crippen MR) is 81.3 cm³/mol. The first-order chi connectivity index (χ1) is 9.39. The Morgan fingerprint density at radius 2 is 2.15 bits per heavy atom. The second-order valence-corrected chi connectivity index (χ2v) is 6.18. The molecule has 1 aromatic rings. The number of hydrogen-bond acceptors (Lipinski definition) is 3. The van der Waals surface area contributed by atoms with Crippen molar-refractivity contribution in [2.45, 2.75) is 26.7 Å². The smallest absolute Gasteiger partial charge is 0.255 e. The molecule has 20 heavy (non-hydrogen) atoms. The van der Waals surface area contributed by atoms with Gasteiger partial charge < -0.3 is 15.8 Å². The minimum absolute atomic E-state index is 0.171. The largest absolute Gasteiger partial charge is 0.496 e. The van der Waals surface area contributed by atoms with E-state index in [0.29, 0.717) is 34.5 Å². The predicted octanol–water partition coefficient (Wildman–Crippen LogP) is 3.10. The third-order valence-electron chi connectivity index (χ3n) is 4.28. The number of anilines is 1. The Kier molecular flexibility index (Phi) is 4.14. The van der Waals surface area contributed by atoms with Crippen molar-refractivity contribution in [1.29, 1.82) is 0 Å². The summed E-state index contributed by atoms with van der Waals surface area (Å²) in [6, 6.07) is 3.13. The van der Waals surface area contributed by atoms with Crippen molar-refractivity contribution in [2.24, 2.45) is 11.3 Å². The Morgan fingerprint density at radius 3 is 2.65 bits per heavy atom. The van der Waals surface area contributed by atoms with Gasteiger partial charge in [-0.25, -0.2) is 0 Å². The van der Waals surface area contributed by atoms with Gasteiger partial charge in [0.05, 0.1) is 23.4 Å². The zero-order valence-corrected chi connectivity index (χ0v) is 12.9. The van der Waals surface area contributed by atoms with Crippen molar-refractivity contribution in [2.75, 3.05) is 19.4 Å². The van der Waals surface area contributed by atoms with Crippen LogP contribution in [-0.4, -0.2) is 19.6 Å². The van der Waals surface area contributed by atoms with Gasteiger partial charge in [-0.3, -0.25) is 4.79 Å². The molecule has 0 unspecified atom stereocenters. The number of ether oxygens (including phenoxy) is 1. The van der Waals surface area contributed by atoms with E-state index in [1.807, 2.05) is 0 Å².